The molecule has 31 heavy (non-hydrogen) atoms. The van der Waals surface area contributed by atoms with Gasteiger partial charge in [0, 0.05) is 23.3 Å². The predicted molar refractivity (Wildman–Crippen MR) is 116 cm³/mol. The number of aromatic nitrogens is 3. The Labute approximate surface area is 185 Å². The molecule has 0 atom stereocenters. The van der Waals surface area contributed by atoms with Crippen molar-refractivity contribution in [2.75, 3.05) is 10.0 Å². The second-order valence-electron chi connectivity index (χ2n) is 6.39. The van der Waals surface area contributed by atoms with Crippen molar-refractivity contribution in [2.24, 2.45) is 0 Å². The summed E-state index contributed by atoms with van der Waals surface area (Å²) in [7, 11) is -4.14. The topological polar surface area (TPSA) is 88.9 Å². The number of thiazole rings is 1. The van der Waals surface area contributed by atoms with Crippen LogP contribution in [0, 0.1) is 18.6 Å². The summed E-state index contributed by atoms with van der Waals surface area (Å²) < 4.78 is 56.6. The number of sulfonamides is 1. The summed E-state index contributed by atoms with van der Waals surface area (Å²) in [5, 5.41) is 9.19. The van der Waals surface area contributed by atoms with E-state index in [1.165, 1.54) is 29.1 Å². The van der Waals surface area contributed by atoms with Gasteiger partial charge in [0.25, 0.3) is 10.0 Å². The minimum absolute atomic E-state index is 0.136. The van der Waals surface area contributed by atoms with Crippen LogP contribution >= 0.6 is 22.9 Å². The van der Waals surface area contributed by atoms with Crippen molar-refractivity contribution < 1.29 is 17.2 Å². The third kappa shape index (κ3) is 4.53. The maximum atomic E-state index is 14.7. The van der Waals surface area contributed by atoms with Crippen LogP contribution in [0.15, 0.2) is 58.9 Å². The normalized spacial score (nSPS) is 11.5. The first-order valence-electron chi connectivity index (χ1n) is 8.74. The van der Waals surface area contributed by atoms with E-state index in [1.54, 1.807) is 18.4 Å². The molecule has 0 unspecified atom stereocenters. The number of aryl methyl sites for hydroxylation is 1. The Morgan fingerprint density at radius 2 is 1.94 bits per heavy atom. The lowest BCUT2D eigenvalue weighted by atomic mass is 10.3. The van der Waals surface area contributed by atoms with E-state index >= 15 is 0 Å². The Morgan fingerprint density at radius 1 is 1.13 bits per heavy atom. The lowest BCUT2D eigenvalue weighted by Gasteiger charge is -2.12. The lowest BCUT2D eigenvalue weighted by Crippen LogP contribution is -2.14. The summed E-state index contributed by atoms with van der Waals surface area (Å²) in [6.45, 7) is 1.75. The van der Waals surface area contributed by atoms with Gasteiger partial charge < -0.3 is 5.32 Å². The van der Waals surface area contributed by atoms with E-state index in [1.807, 2.05) is 0 Å². The molecule has 0 amide bonds. The van der Waals surface area contributed by atoms with Crippen LogP contribution in [0.3, 0.4) is 0 Å². The van der Waals surface area contributed by atoms with Crippen molar-refractivity contribution in [2.45, 2.75) is 11.8 Å². The molecule has 0 aliphatic rings. The average Bonchev–Trinajstić information content (AvgIpc) is 3.31. The first-order chi connectivity index (χ1) is 14.7. The Hall–Kier alpha value is -3.02. The molecule has 0 spiro atoms. The number of halogens is 3. The molecule has 4 aromatic rings. The van der Waals surface area contributed by atoms with Crippen LogP contribution in [0.1, 0.15) is 5.69 Å². The highest BCUT2D eigenvalue weighted by Gasteiger charge is 2.21. The molecule has 0 aliphatic carbocycles. The standard InChI is InChI=1S/C19H14ClF2N5O2S2/c1-11-8-18(27(25-11)16-4-2-12(21)9-14(16)20)24-13-3-5-17(15(22)10-13)31(28,29)26-19-23-6-7-30-19/h2-10,24H,1H3,(H,23,26). The van der Waals surface area contributed by atoms with Gasteiger partial charge in [0.15, 0.2) is 5.13 Å². The van der Waals surface area contributed by atoms with Gasteiger partial charge in [-0.1, -0.05) is 11.6 Å². The third-order valence-corrected chi connectivity index (χ3v) is 6.61. The first-order valence-corrected chi connectivity index (χ1v) is 11.5. The summed E-state index contributed by atoms with van der Waals surface area (Å²) in [5.74, 6) is -1.00. The fraction of sp³-hybridized carbons (Fsp3) is 0.0526. The van der Waals surface area contributed by atoms with Crippen molar-refractivity contribution in [3.8, 4) is 5.69 Å². The van der Waals surface area contributed by atoms with Crippen LogP contribution in [-0.2, 0) is 10.0 Å². The van der Waals surface area contributed by atoms with Gasteiger partial charge in [-0.2, -0.15) is 5.10 Å². The third-order valence-electron chi connectivity index (χ3n) is 4.12. The Morgan fingerprint density at radius 3 is 2.61 bits per heavy atom. The summed E-state index contributed by atoms with van der Waals surface area (Å²) in [6, 6.07) is 9.17. The van der Waals surface area contributed by atoms with Crippen molar-refractivity contribution >= 4 is 49.6 Å². The molecule has 0 fully saturated rings. The monoisotopic (exact) mass is 481 g/mol. The van der Waals surface area contributed by atoms with E-state index < -0.39 is 26.6 Å². The van der Waals surface area contributed by atoms with Crippen LogP contribution in [0.5, 0.6) is 0 Å². The minimum Gasteiger partial charge on any atom is -0.340 e. The smallest absolute Gasteiger partial charge is 0.266 e. The van der Waals surface area contributed by atoms with Crippen LogP contribution in [0.2, 0.25) is 5.02 Å². The Balaban J connectivity index is 1.63. The predicted octanol–water partition coefficient (Wildman–Crippen LogP) is 5.11. The highest BCUT2D eigenvalue weighted by molar-refractivity contribution is 7.93. The Kier molecular flexibility index (Phi) is 5.65. The molecule has 160 valence electrons. The van der Waals surface area contributed by atoms with E-state index in [4.69, 9.17) is 11.6 Å². The van der Waals surface area contributed by atoms with Gasteiger partial charge >= 0.3 is 0 Å². The first kappa shape index (κ1) is 21.2. The number of benzene rings is 2. The number of nitrogens with zero attached hydrogens (tertiary/aromatic N) is 3. The largest absolute Gasteiger partial charge is 0.340 e. The second kappa shape index (κ2) is 8.25. The zero-order chi connectivity index (χ0) is 22.2. The zero-order valence-electron chi connectivity index (χ0n) is 15.8. The lowest BCUT2D eigenvalue weighted by molar-refractivity contribution is 0.570. The molecule has 0 radical (unpaired) electrons. The van der Waals surface area contributed by atoms with Gasteiger partial charge in [0.05, 0.1) is 16.4 Å². The van der Waals surface area contributed by atoms with Crippen LogP contribution in [0.25, 0.3) is 5.69 Å². The molecule has 7 nitrogen and oxygen atoms in total. The molecule has 0 bridgehead atoms. The summed E-state index contributed by atoms with van der Waals surface area (Å²) in [6.07, 6.45) is 1.43. The second-order valence-corrected chi connectivity index (χ2v) is 9.34. The molecule has 0 saturated carbocycles. The molecular formula is C19H14ClF2N5O2S2. The van der Waals surface area contributed by atoms with E-state index in [9.17, 15) is 17.2 Å². The number of anilines is 3. The zero-order valence-corrected chi connectivity index (χ0v) is 18.2. The molecule has 0 saturated heterocycles. The van der Waals surface area contributed by atoms with Crippen molar-refractivity contribution in [1.29, 1.82) is 0 Å². The van der Waals surface area contributed by atoms with E-state index in [2.05, 4.69) is 20.1 Å². The molecule has 2 heterocycles. The van der Waals surface area contributed by atoms with Gasteiger partial charge in [-0.15, -0.1) is 11.3 Å². The van der Waals surface area contributed by atoms with Crippen LogP contribution in [0.4, 0.5) is 25.4 Å². The molecular weight excluding hydrogens is 468 g/mol. The summed E-state index contributed by atoms with van der Waals surface area (Å²) in [5.41, 5.74) is 1.34. The maximum absolute atomic E-state index is 14.7. The number of hydrogen-bond donors (Lipinski definition) is 2. The maximum Gasteiger partial charge on any atom is 0.266 e. The molecule has 12 heteroatoms. The molecule has 2 N–H and O–H groups in total. The van der Waals surface area contributed by atoms with Crippen molar-refractivity contribution in [3.63, 3.8) is 0 Å². The quantitative estimate of drug-likeness (QED) is 0.399. The SMILES string of the molecule is Cc1cc(Nc2ccc(S(=O)(=O)Nc3nccs3)c(F)c2)n(-c2ccc(F)cc2Cl)n1. The minimum atomic E-state index is -4.14. The summed E-state index contributed by atoms with van der Waals surface area (Å²) in [4.78, 5) is 3.32. The van der Waals surface area contributed by atoms with Crippen LogP contribution < -0.4 is 10.0 Å². The van der Waals surface area contributed by atoms with Crippen molar-refractivity contribution in [3.05, 3.63) is 76.4 Å². The van der Waals surface area contributed by atoms with Gasteiger partial charge in [0.2, 0.25) is 0 Å². The molecule has 0 aliphatic heterocycles. The molecule has 2 aromatic heterocycles. The number of rotatable bonds is 6. The van der Waals surface area contributed by atoms with Gasteiger partial charge in [-0.05, 0) is 43.3 Å². The van der Waals surface area contributed by atoms with Gasteiger partial charge in [-0.3, -0.25) is 4.72 Å². The van der Waals surface area contributed by atoms with Crippen molar-refractivity contribution in [1.82, 2.24) is 14.8 Å². The van der Waals surface area contributed by atoms with E-state index in [0.717, 1.165) is 29.5 Å². The fourth-order valence-electron chi connectivity index (χ4n) is 2.81. The Bertz CT molecular complexity index is 1360. The number of hydrogen-bond acceptors (Lipinski definition) is 6. The van der Waals surface area contributed by atoms with Gasteiger partial charge in [-0.25, -0.2) is 26.9 Å². The van der Waals surface area contributed by atoms with Crippen LogP contribution in [-0.4, -0.2) is 23.2 Å². The highest BCUT2D eigenvalue weighted by Crippen LogP contribution is 2.28. The summed E-state index contributed by atoms with van der Waals surface area (Å²) >= 11 is 7.22. The van der Waals surface area contributed by atoms with E-state index in [0.29, 0.717) is 17.2 Å². The number of nitrogens with one attached hydrogen (secondary N) is 2. The highest BCUT2D eigenvalue weighted by atomic mass is 35.5. The average molecular weight is 482 g/mol. The fourth-order valence-corrected chi connectivity index (χ4v) is 4.91. The van der Waals surface area contributed by atoms with Gasteiger partial charge in [0.1, 0.15) is 22.3 Å². The molecule has 2 aromatic carbocycles. The molecule has 4 rings (SSSR count). The van der Waals surface area contributed by atoms with E-state index in [-0.39, 0.29) is 15.8 Å².